The molecule has 4 rings (SSSR count). The molecule has 0 N–H and O–H groups in total. The Kier molecular flexibility index (Phi) is 9.39. The van der Waals surface area contributed by atoms with Gasteiger partial charge in [-0.3, -0.25) is 0 Å². The molecule has 0 aromatic heterocycles. The molecule has 3 aromatic carbocycles. The number of nitriles is 1. The zero-order chi connectivity index (χ0) is 31.6. The van der Waals surface area contributed by atoms with E-state index in [1.165, 1.54) is 23.5 Å². The van der Waals surface area contributed by atoms with Crippen LogP contribution in [0.1, 0.15) is 35.6 Å². The topological polar surface area (TPSA) is 87.5 Å². The lowest BCUT2D eigenvalue weighted by Gasteiger charge is -2.36. The van der Waals surface area contributed by atoms with E-state index in [-0.39, 0.29) is 30.3 Å². The molecule has 0 spiro atoms. The van der Waals surface area contributed by atoms with Crippen LogP contribution < -0.4 is 0 Å². The molecule has 1 atom stereocenters. The van der Waals surface area contributed by atoms with Crippen LogP contribution in [0.2, 0.25) is 5.02 Å². The third-order valence-electron chi connectivity index (χ3n) is 7.59. The van der Waals surface area contributed by atoms with Crippen LogP contribution in [0.25, 0.3) is 11.1 Å². The minimum atomic E-state index is -4.10. The maximum absolute atomic E-state index is 14.9. The highest BCUT2D eigenvalue weighted by Gasteiger charge is 2.48. The number of ether oxygens (including phenoxy) is 1. The molecule has 0 saturated heterocycles. The molecule has 1 aliphatic carbocycles. The number of methoxy groups -OCH3 is 1. The number of hydrogen-bond acceptors (Lipinski definition) is 5. The van der Waals surface area contributed by atoms with Crippen molar-refractivity contribution in [2.45, 2.75) is 36.8 Å². The second kappa shape index (κ2) is 12.4. The lowest BCUT2D eigenvalue weighted by Crippen LogP contribution is -2.48. The van der Waals surface area contributed by atoms with E-state index in [4.69, 9.17) is 21.6 Å². The average Bonchev–Trinajstić information content (AvgIpc) is 2.96. The van der Waals surface area contributed by atoms with Crippen molar-refractivity contribution in [3.05, 3.63) is 118 Å². The molecule has 11 heteroatoms. The van der Waals surface area contributed by atoms with E-state index >= 15 is 0 Å². The minimum absolute atomic E-state index is 0.0130. The number of benzene rings is 3. The minimum Gasteiger partial charge on any atom is -0.499 e. The monoisotopic (exact) mass is 644 g/mol. The van der Waals surface area contributed by atoms with Crippen molar-refractivity contribution in [2.75, 3.05) is 20.4 Å². The van der Waals surface area contributed by atoms with Crippen molar-refractivity contribution in [3.8, 4) is 17.2 Å². The Bertz CT molecular complexity index is 1760. The van der Waals surface area contributed by atoms with Gasteiger partial charge in [0.25, 0.3) is 0 Å². The van der Waals surface area contributed by atoms with Gasteiger partial charge >= 0.3 is 5.66 Å². The molecule has 226 valence electrons. The summed E-state index contributed by atoms with van der Waals surface area (Å²) in [6.45, 7) is 3.42. The van der Waals surface area contributed by atoms with Crippen molar-refractivity contribution in [3.63, 3.8) is 0 Å². The van der Waals surface area contributed by atoms with Crippen molar-refractivity contribution < 1.29 is 26.5 Å². The van der Waals surface area contributed by atoms with Crippen LogP contribution >= 0.6 is 18.7 Å². The number of allylic oxidation sites excluding steroid dienone is 3. The molecule has 0 amide bonds. The number of halogens is 3. The first-order valence-corrected chi connectivity index (χ1v) is 17.8. The molecule has 0 fully saturated rings. The molecule has 0 bridgehead atoms. The first kappa shape index (κ1) is 32.6. The van der Waals surface area contributed by atoms with Gasteiger partial charge in [-0.05, 0) is 73.2 Å². The van der Waals surface area contributed by atoms with Crippen LogP contribution in [0, 0.1) is 11.3 Å². The van der Waals surface area contributed by atoms with E-state index in [0.29, 0.717) is 16.7 Å². The lowest BCUT2D eigenvalue weighted by atomic mass is 10.00. The van der Waals surface area contributed by atoms with Crippen LogP contribution in [0.15, 0.2) is 90.7 Å². The Morgan fingerprint density at radius 1 is 1.02 bits per heavy atom. The third-order valence-corrected chi connectivity index (χ3v) is 11.9. The summed E-state index contributed by atoms with van der Waals surface area (Å²) < 4.78 is 76.0. The molecule has 0 radical (unpaired) electrons. The zero-order valence-corrected chi connectivity index (χ0v) is 26.7. The van der Waals surface area contributed by atoms with E-state index in [2.05, 4.69) is 6.07 Å². The second-order valence-electron chi connectivity index (χ2n) is 11.0. The Labute approximate surface area is 256 Å². The normalized spacial score (nSPS) is 17.4. The van der Waals surface area contributed by atoms with Crippen molar-refractivity contribution >= 4 is 28.8 Å². The number of nitrogens with zero attached hydrogens (tertiary/aromatic N) is 2. The van der Waals surface area contributed by atoms with Crippen LogP contribution in [0.5, 0.6) is 0 Å². The van der Waals surface area contributed by atoms with Gasteiger partial charge in [0.2, 0.25) is 10.0 Å². The lowest BCUT2D eigenvalue weighted by molar-refractivity contribution is 0.0894. The molecule has 43 heavy (non-hydrogen) atoms. The Hall–Kier alpha value is -3.28. The van der Waals surface area contributed by atoms with Crippen molar-refractivity contribution in [1.82, 2.24) is 4.31 Å². The molecule has 0 aliphatic heterocycles. The smallest absolute Gasteiger partial charge is 0.323 e. The van der Waals surface area contributed by atoms with E-state index in [9.17, 15) is 21.8 Å². The maximum Gasteiger partial charge on any atom is 0.323 e. The van der Waals surface area contributed by atoms with Gasteiger partial charge in [0.1, 0.15) is 10.5 Å². The molecule has 1 unspecified atom stereocenters. The fourth-order valence-corrected chi connectivity index (χ4v) is 7.97. The first-order chi connectivity index (χ1) is 20.1. The number of hydrogen-bond donors (Lipinski definition) is 0. The summed E-state index contributed by atoms with van der Waals surface area (Å²) in [6.07, 6.45) is 5.29. The number of alkyl halides is 2. The van der Waals surface area contributed by atoms with Gasteiger partial charge < -0.3 is 9.30 Å². The standard InChI is InChI=1S/C32H32ClF2N2O4PS/c1-31(18-6-5-7-30(31)41-2)43(39,40)37(22-25-12-17-28(29(33)19-25)32(34,35)42(3,4)38)21-24-10-15-27(16-11-24)26-13-8-23(20-36)9-14-26/h5-17,19H,18,21-22H2,1-4H3. The molecular weight excluding hydrogens is 613 g/mol. The van der Waals surface area contributed by atoms with Gasteiger partial charge in [-0.25, -0.2) is 8.42 Å². The molecule has 0 saturated carbocycles. The maximum atomic E-state index is 14.9. The highest BCUT2D eigenvalue weighted by Crippen LogP contribution is 2.61. The molecule has 1 aliphatic rings. The summed E-state index contributed by atoms with van der Waals surface area (Å²) in [4.78, 5) is 0. The predicted molar refractivity (Wildman–Crippen MR) is 167 cm³/mol. The van der Waals surface area contributed by atoms with Crippen LogP contribution in [-0.4, -0.2) is 37.9 Å². The summed E-state index contributed by atoms with van der Waals surface area (Å²) in [7, 11) is -6.55. The molecular formula is C32H32ClF2N2O4PS. The number of sulfonamides is 1. The van der Waals surface area contributed by atoms with Crippen LogP contribution in [-0.2, 0) is 38.1 Å². The van der Waals surface area contributed by atoms with E-state index in [1.54, 1.807) is 37.3 Å². The predicted octanol–water partition coefficient (Wildman–Crippen LogP) is 8.13. The summed E-state index contributed by atoms with van der Waals surface area (Å²) in [5, 5.41) is 8.77. The highest BCUT2D eigenvalue weighted by atomic mass is 35.5. The van der Waals surface area contributed by atoms with Crippen LogP contribution in [0.3, 0.4) is 0 Å². The van der Waals surface area contributed by atoms with Gasteiger partial charge in [0.05, 0.1) is 23.8 Å². The van der Waals surface area contributed by atoms with Gasteiger partial charge in [0.15, 0.2) is 7.14 Å². The van der Waals surface area contributed by atoms with Gasteiger partial charge in [-0.1, -0.05) is 72.3 Å². The average molecular weight is 645 g/mol. The van der Waals surface area contributed by atoms with E-state index in [0.717, 1.165) is 30.5 Å². The van der Waals surface area contributed by atoms with Gasteiger partial charge in [-0.2, -0.15) is 18.3 Å². The Balaban J connectivity index is 1.71. The molecule has 3 aromatic rings. The van der Waals surface area contributed by atoms with E-state index < -0.39 is 33.1 Å². The SMILES string of the molecule is COC1=CC=CCC1(C)S(=O)(=O)N(Cc1ccc(-c2ccc(C#N)cc2)cc1)Cc1ccc(C(F)(F)P(C)(C)=O)c(Cl)c1. The fourth-order valence-electron chi connectivity index (χ4n) is 4.89. The van der Waals surface area contributed by atoms with Crippen molar-refractivity contribution in [1.29, 1.82) is 5.26 Å². The van der Waals surface area contributed by atoms with E-state index in [1.807, 2.05) is 36.4 Å². The largest absolute Gasteiger partial charge is 0.499 e. The Morgan fingerprint density at radius 2 is 1.58 bits per heavy atom. The highest BCUT2D eigenvalue weighted by molar-refractivity contribution is 7.90. The first-order valence-electron chi connectivity index (χ1n) is 13.4. The fraction of sp³-hybridized carbons (Fsp3) is 0.281. The van der Waals surface area contributed by atoms with Crippen LogP contribution in [0.4, 0.5) is 8.78 Å². The van der Waals surface area contributed by atoms with Gasteiger partial charge in [-0.15, -0.1) is 0 Å². The molecule has 0 heterocycles. The second-order valence-corrected chi connectivity index (χ2v) is 17.0. The third kappa shape index (κ3) is 6.49. The zero-order valence-electron chi connectivity index (χ0n) is 24.2. The summed E-state index contributed by atoms with van der Waals surface area (Å²) >= 11 is 6.27. The Morgan fingerprint density at radius 3 is 2.12 bits per heavy atom. The van der Waals surface area contributed by atoms with Gasteiger partial charge in [0, 0.05) is 18.7 Å². The summed E-state index contributed by atoms with van der Waals surface area (Å²) in [5.74, 6) is 0.283. The summed E-state index contributed by atoms with van der Waals surface area (Å²) in [6, 6.07) is 20.4. The molecule has 6 nitrogen and oxygen atoms in total. The van der Waals surface area contributed by atoms with Crippen molar-refractivity contribution in [2.24, 2.45) is 0 Å². The quantitative estimate of drug-likeness (QED) is 0.208. The number of rotatable bonds is 10. The summed E-state index contributed by atoms with van der Waals surface area (Å²) in [5.41, 5.74) is -0.760.